The summed E-state index contributed by atoms with van der Waals surface area (Å²) >= 11 is 0. The number of anilines is 1. The van der Waals surface area contributed by atoms with E-state index in [0.29, 0.717) is 22.7 Å². The predicted octanol–water partition coefficient (Wildman–Crippen LogP) is 5.73. The lowest BCUT2D eigenvalue weighted by molar-refractivity contribution is 0.575. The molecule has 0 radical (unpaired) electrons. The molecular formula is C24H22N2O3S. The van der Waals surface area contributed by atoms with Crippen molar-refractivity contribution in [2.75, 3.05) is 4.72 Å². The summed E-state index contributed by atoms with van der Waals surface area (Å²) in [5.41, 5.74) is 5.72. The molecule has 0 aliphatic rings. The molecule has 30 heavy (non-hydrogen) atoms. The van der Waals surface area contributed by atoms with Gasteiger partial charge in [-0.3, -0.25) is 4.72 Å². The summed E-state index contributed by atoms with van der Waals surface area (Å²) in [5.74, 6) is 0.429. The molecule has 0 amide bonds. The Morgan fingerprint density at radius 3 is 2.30 bits per heavy atom. The molecule has 0 aliphatic carbocycles. The van der Waals surface area contributed by atoms with Gasteiger partial charge in [-0.15, -0.1) is 0 Å². The highest BCUT2D eigenvalue weighted by atomic mass is 32.2. The van der Waals surface area contributed by atoms with E-state index in [0.717, 1.165) is 16.8 Å². The topological polar surface area (TPSA) is 72.2 Å². The molecule has 0 atom stereocenters. The average Bonchev–Trinajstić information content (AvgIpc) is 3.18. The Labute approximate surface area is 176 Å². The number of hydrogen-bond donors (Lipinski definition) is 1. The standard InChI is InChI=1S/C24H22N2O3S/c1-16-7-10-19(11-8-16)22-15-29-24(25-22)20-5-4-6-21(14-20)26-30(27,28)23-12-9-17(2)13-18(23)3/h4-15,26H,1-3H3. The van der Waals surface area contributed by atoms with E-state index in [1.54, 1.807) is 43.5 Å². The Kier molecular flexibility index (Phi) is 5.18. The minimum Gasteiger partial charge on any atom is -0.444 e. The van der Waals surface area contributed by atoms with E-state index in [1.165, 1.54) is 5.56 Å². The monoisotopic (exact) mass is 418 g/mol. The SMILES string of the molecule is Cc1ccc(-c2coc(-c3cccc(NS(=O)(=O)c4ccc(C)cc4C)c3)n2)cc1. The number of aryl methyl sites for hydroxylation is 3. The molecule has 5 nitrogen and oxygen atoms in total. The first-order valence-electron chi connectivity index (χ1n) is 9.55. The summed E-state index contributed by atoms with van der Waals surface area (Å²) in [7, 11) is -3.70. The Morgan fingerprint density at radius 1 is 0.833 bits per heavy atom. The van der Waals surface area contributed by atoms with E-state index in [4.69, 9.17) is 4.42 Å². The zero-order valence-corrected chi connectivity index (χ0v) is 17.8. The summed E-state index contributed by atoms with van der Waals surface area (Å²) in [6, 6.07) is 20.3. The van der Waals surface area contributed by atoms with Crippen LogP contribution < -0.4 is 4.72 Å². The number of oxazole rings is 1. The first-order chi connectivity index (χ1) is 14.3. The molecule has 0 fully saturated rings. The minimum absolute atomic E-state index is 0.260. The van der Waals surface area contributed by atoms with Crippen LogP contribution in [0.1, 0.15) is 16.7 Å². The first-order valence-corrected chi connectivity index (χ1v) is 11.0. The highest BCUT2D eigenvalue weighted by molar-refractivity contribution is 7.92. The maximum absolute atomic E-state index is 12.8. The van der Waals surface area contributed by atoms with Crippen LogP contribution in [-0.2, 0) is 10.0 Å². The predicted molar refractivity (Wildman–Crippen MR) is 119 cm³/mol. The van der Waals surface area contributed by atoms with Crippen LogP contribution in [0.2, 0.25) is 0 Å². The van der Waals surface area contributed by atoms with Gasteiger partial charge < -0.3 is 4.42 Å². The van der Waals surface area contributed by atoms with Crippen molar-refractivity contribution in [3.8, 4) is 22.7 Å². The molecule has 0 saturated carbocycles. The number of nitrogens with one attached hydrogen (secondary N) is 1. The fourth-order valence-corrected chi connectivity index (χ4v) is 4.57. The fraction of sp³-hybridized carbons (Fsp3) is 0.125. The molecular weight excluding hydrogens is 396 g/mol. The average molecular weight is 419 g/mol. The number of nitrogens with zero attached hydrogens (tertiary/aromatic N) is 1. The van der Waals surface area contributed by atoms with Crippen LogP contribution in [-0.4, -0.2) is 13.4 Å². The van der Waals surface area contributed by atoms with Crippen LogP contribution >= 0.6 is 0 Å². The Hall–Kier alpha value is -3.38. The number of hydrogen-bond acceptors (Lipinski definition) is 4. The second kappa shape index (κ2) is 7.80. The van der Waals surface area contributed by atoms with E-state index < -0.39 is 10.0 Å². The van der Waals surface area contributed by atoms with Crippen molar-refractivity contribution >= 4 is 15.7 Å². The molecule has 1 aromatic heterocycles. The largest absolute Gasteiger partial charge is 0.444 e. The van der Waals surface area contributed by atoms with Crippen molar-refractivity contribution in [2.45, 2.75) is 25.7 Å². The zero-order chi connectivity index (χ0) is 21.3. The van der Waals surface area contributed by atoms with E-state index in [1.807, 2.05) is 50.2 Å². The molecule has 4 aromatic rings. The molecule has 1 N–H and O–H groups in total. The molecule has 0 aliphatic heterocycles. The van der Waals surface area contributed by atoms with Crippen LogP contribution in [0.15, 0.2) is 82.3 Å². The van der Waals surface area contributed by atoms with Crippen molar-refractivity contribution < 1.29 is 12.8 Å². The van der Waals surface area contributed by atoms with Gasteiger partial charge in [0.1, 0.15) is 12.0 Å². The van der Waals surface area contributed by atoms with Crippen molar-refractivity contribution in [1.82, 2.24) is 4.98 Å². The summed E-state index contributed by atoms with van der Waals surface area (Å²) in [6.07, 6.45) is 1.60. The van der Waals surface area contributed by atoms with Crippen LogP contribution in [0, 0.1) is 20.8 Å². The number of rotatable bonds is 5. The number of benzene rings is 3. The van der Waals surface area contributed by atoms with E-state index in [-0.39, 0.29) is 4.90 Å². The minimum atomic E-state index is -3.70. The summed E-state index contributed by atoms with van der Waals surface area (Å²) < 4.78 is 34.0. The highest BCUT2D eigenvalue weighted by Gasteiger charge is 2.17. The molecule has 6 heteroatoms. The van der Waals surface area contributed by atoms with Crippen LogP contribution in [0.5, 0.6) is 0 Å². The Balaban J connectivity index is 1.61. The van der Waals surface area contributed by atoms with Crippen molar-refractivity contribution in [3.63, 3.8) is 0 Å². The van der Waals surface area contributed by atoms with Crippen molar-refractivity contribution in [1.29, 1.82) is 0 Å². The Bertz CT molecular complexity index is 1310. The van der Waals surface area contributed by atoms with Gasteiger partial charge in [0.05, 0.1) is 4.90 Å². The molecule has 4 rings (SSSR count). The van der Waals surface area contributed by atoms with Crippen LogP contribution in [0.4, 0.5) is 5.69 Å². The molecule has 1 heterocycles. The van der Waals surface area contributed by atoms with E-state index >= 15 is 0 Å². The third kappa shape index (κ3) is 4.14. The quantitative estimate of drug-likeness (QED) is 0.449. The first kappa shape index (κ1) is 19.9. The lowest BCUT2D eigenvalue weighted by atomic mass is 10.1. The van der Waals surface area contributed by atoms with E-state index in [9.17, 15) is 8.42 Å². The molecule has 152 valence electrons. The molecule has 3 aromatic carbocycles. The second-order valence-electron chi connectivity index (χ2n) is 7.36. The third-order valence-electron chi connectivity index (χ3n) is 4.83. The normalized spacial score (nSPS) is 11.4. The lowest BCUT2D eigenvalue weighted by Crippen LogP contribution is -2.14. The van der Waals surface area contributed by atoms with Gasteiger partial charge in [0.2, 0.25) is 5.89 Å². The molecule has 0 spiro atoms. The van der Waals surface area contributed by atoms with Crippen LogP contribution in [0.3, 0.4) is 0 Å². The van der Waals surface area contributed by atoms with Crippen molar-refractivity contribution in [3.05, 3.63) is 89.7 Å². The smallest absolute Gasteiger partial charge is 0.262 e. The van der Waals surface area contributed by atoms with Gasteiger partial charge in [-0.1, -0.05) is 53.6 Å². The molecule has 0 bridgehead atoms. The fourth-order valence-electron chi connectivity index (χ4n) is 3.29. The van der Waals surface area contributed by atoms with Gasteiger partial charge in [-0.2, -0.15) is 0 Å². The number of sulfonamides is 1. The molecule has 0 unspecified atom stereocenters. The number of aromatic nitrogens is 1. The summed E-state index contributed by atoms with van der Waals surface area (Å²) in [4.78, 5) is 4.82. The van der Waals surface area contributed by atoms with Gasteiger partial charge in [-0.05, 0) is 50.6 Å². The van der Waals surface area contributed by atoms with Gasteiger partial charge in [0, 0.05) is 16.8 Å². The Morgan fingerprint density at radius 2 is 1.57 bits per heavy atom. The highest BCUT2D eigenvalue weighted by Crippen LogP contribution is 2.28. The van der Waals surface area contributed by atoms with Gasteiger partial charge in [0.15, 0.2) is 0 Å². The van der Waals surface area contributed by atoms with Gasteiger partial charge >= 0.3 is 0 Å². The third-order valence-corrected chi connectivity index (χ3v) is 6.37. The van der Waals surface area contributed by atoms with E-state index in [2.05, 4.69) is 9.71 Å². The van der Waals surface area contributed by atoms with Gasteiger partial charge in [-0.25, -0.2) is 13.4 Å². The lowest BCUT2D eigenvalue weighted by Gasteiger charge is -2.11. The summed E-state index contributed by atoms with van der Waals surface area (Å²) in [5, 5.41) is 0. The van der Waals surface area contributed by atoms with Gasteiger partial charge in [0.25, 0.3) is 10.0 Å². The second-order valence-corrected chi connectivity index (χ2v) is 9.01. The zero-order valence-electron chi connectivity index (χ0n) is 17.0. The maximum Gasteiger partial charge on any atom is 0.262 e. The summed E-state index contributed by atoms with van der Waals surface area (Å²) in [6.45, 7) is 5.75. The van der Waals surface area contributed by atoms with Crippen LogP contribution in [0.25, 0.3) is 22.7 Å². The van der Waals surface area contributed by atoms with Crippen molar-refractivity contribution in [2.24, 2.45) is 0 Å². The maximum atomic E-state index is 12.8. The molecule has 0 saturated heterocycles.